The van der Waals surface area contributed by atoms with Crippen molar-refractivity contribution in [2.45, 2.75) is 12.8 Å². The fourth-order valence-corrected chi connectivity index (χ4v) is 4.13. The Hall–Kier alpha value is -4.23. The van der Waals surface area contributed by atoms with Gasteiger partial charge in [0.15, 0.2) is 5.43 Å². The van der Waals surface area contributed by atoms with Crippen molar-refractivity contribution in [1.29, 1.82) is 0 Å². The summed E-state index contributed by atoms with van der Waals surface area (Å²) in [4.78, 5) is 51.2. The predicted octanol–water partition coefficient (Wildman–Crippen LogP) is 5.10. The highest BCUT2D eigenvalue weighted by Crippen LogP contribution is 2.25. The molecule has 174 valence electrons. The number of carbonyl (C=O) groups is 3. The number of halogens is 1. The highest BCUT2D eigenvalue weighted by Gasteiger charge is 2.34. The van der Waals surface area contributed by atoms with Crippen LogP contribution in [0.4, 0.5) is 0 Å². The number of hydrogen-bond donors (Lipinski definition) is 0. The van der Waals surface area contributed by atoms with Gasteiger partial charge in [0.25, 0.3) is 11.8 Å². The summed E-state index contributed by atoms with van der Waals surface area (Å²) in [7, 11) is 0. The number of esters is 1. The summed E-state index contributed by atoms with van der Waals surface area (Å²) < 4.78 is 11.0. The van der Waals surface area contributed by atoms with Crippen molar-refractivity contribution in [2.24, 2.45) is 0 Å². The van der Waals surface area contributed by atoms with Gasteiger partial charge in [0.2, 0.25) is 0 Å². The topological polar surface area (TPSA) is 93.9 Å². The fourth-order valence-electron chi connectivity index (χ4n) is 4.01. The maximum absolute atomic E-state index is 12.9. The number of hydrogen-bond acceptors (Lipinski definition) is 6. The van der Waals surface area contributed by atoms with Gasteiger partial charge in [-0.2, -0.15) is 0 Å². The minimum Gasteiger partial charge on any atom is -0.463 e. The SMILES string of the molecule is O=C(CCCN1C(=O)c2ccccc2C1=O)Oc1ccc2c(=O)c(-c3ccc(Cl)cc3)coc2c1. The van der Waals surface area contributed by atoms with Crippen LogP contribution in [0.3, 0.4) is 0 Å². The summed E-state index contributed by atoms with van der Waals surface area (Å²) in [6.07, 6.45) is 1.63. The molecule has 1 aliphatic heterocycles. The summed E-state index contributed by atoms with van der Waals surface area (Å²) in [6, 6.07) is 18.0. The molecule has 0 spiro atoms. The van der Waals surface area contributed by atoms with Crippen molar-refractivity contribution in [1.82, 2.24) is 4.90 Å². The molecule has 1 aromatic heterocycles. The van der Waals surface area contributed by atoms with Crippen molar-refractivity contribution >= 4 is 40.4 Å². The maximum Gasteiger partial charge on any atom is 0.311 e. The first-order valence-electron chi connectivity index (χ1n) is 10.9. The molecule has 0 atom stereocenters. The second kappa shape index (κ2) is 9.19. The minimum atomic E-state index is -0.527. The van der Waals surface area contributed by atoms with E-state index in [0.29, 0.717) is 32.7 Å². The average molecular weight is 488 g/mol. The Morgan fingerprint density at radius 3 is 2.26 bits per heavy atom. The van der Waals surface area contributed by atoms with Crippen LogP contribution in [-0.2, 0) is 4.79 Å². The molecule has 2 amide bonds. The normalized spacial score (nSPS) is 12.8. The van der Waals surface area contributed by atoms with Gasteiger partial charge in [-0.15, -0.1) is 0 Å². The quantitative estimate of drug-likeness (QED) is 0.213. The van der Waals surface area contributed by atoms with Crippen molar-refractivity contribution in [3.05, 3.63) is 99.4 Å². The van der Waals surface area contributed by atoms with Crippen LogP contribution in [0.1, 0.15) is 33.6 Å². The van der Waals surface area contributed by atoms with E-state index in [2.05, 4.69) is 0 Å². The molecule has 3 aromatic carbocycles. The van der Waals surface area contributed by atoms with Gasteiger partial charge in [-0.1, -0.05) is 35.9 Å². The Labute approximate surface area is 204 Å². The highest BCUT2D eigenvalue weighted by molar-refractivity contribution is 6.30. The van der Waals surface area contributed by atoms with Gasteiger partial charge in [0.1, 0.15) is 17.6 Å². The molecule has 0 radical (unpaired) electrons. The largest absolute Gasteiger partial charge is 0.463 e. The summed E-state index contributed by atoms with van der Waals surface area (Å²) in [6.45, 7) is 0.113. The van der Waals surface area contributed by atoms with E-state index in [1.165, 1.54) is 18.4 Å². The third-order valence-electron chi connectivity index (χ3n) is 5.77. The second-order valence-electron chi connectivity index (χ2n) is 8.03. The summed E-state index contributed by atoms with van der Waals surface area (Å²) in [5.41, 5.74) is 1.89. The molecule has 1 aliphatic rings. The number of imide groups is 1. The van der Waals surface area contributed by atoms with Crippen LogP contribution in [-0.4, -0.2) is 29.2 Å². The Morgan fingerprint density at radius 1 is 0.886 bits per heavy atom. The maximum atomic E-state index is 12.9. The van der Waals surface area contributed by atoms with E-state index < -0.39 is 5.97 Å². The average Bonchev–Trinajstić information content (AvgIpc) is 3.10. The zero-order valence-electron chi connectivity index (χ0n) is 18.3. The van der Waals surface area contributed by atoms with Crippen LogP contribution in [0.5, 0.6) is 5.75 Å². The van der Waals surface area contributed by atoms with E-state index in [0.717, 1.165) is 4.90 Å². The lowest BCUT2D eigenvalue weighted by molar-refractivity contribution is -0.134. The Kier molecular flexibility index (Phi) is 5.93. The third-order valence-corrected chi connectivity index (χ3v) is 6.03. The molecule has 2 heterocycles. The number of fused-ring (bicyclic) bond motifs is 2. The van der Waals surface area contributed by atoms with Crippen LogP contribution in [0.15, 0.2) is 82.2 Å². The fraction of sp³-hybridized carbons (Fsp3) is 0.111. The molecule has 7 nitrogen and oxygen atoms in total. The molecule has 0 bridgehead atoms. The van der Waals surface area contributed by atoms with Crippen molar-refractivity contribution in [3.8, 4) is 16.9 Å². The Balaban J connectivity index is 1.23. The standard InChI is InChI=1S/C27H18ClNO6/c28-17-9-7-16(8-10-17)22-15-34-23-14-18(11-12-21(23)25(22)31)35-24(30)6-3-13-29-26(32)19-4-1-2-5-20(19)27(29)33/h1-2,4-5,7-12,14-15H,3,6,13H2. The molecular weight excluding hydrogens is 470 g/mol. The molecule has 4 aromatic rings. The summed E-state index contributed by atoms with van der Waals surface area (Å²) in [5.74, 6) is -1.02. The number of carbonyl (C=O) groups excluding carboxylic acids is 3. The third kappa shape index (κ3) is 4.34. The molecule has 0 N–H and O–H groups in total. The number of rotatable bonds is 6. The Bertz CT molecular complexity index is 1500. The molecule has 0 unspecified atom stereocenters. The lowest BCUT2D eigenvalue weighted by atomic mass is 10.1. The van der Waals surface area contributed by atoms with Crippen molar-refractivity contribution < 1.29 is 23.5 Å². The van der Waals surface area contributed by atoms with Gasteiger partial charge in [-0.3, -0.25) is 24.1 Å². The lowest BCUT2D eigenvalue weighted by Crippen LogP contribution is -2.31. The highest BCUT2D eigenvalue weighted by atomic mass is 35.5. The van der Waals surface area contributed by atoms with Gasteiger partial charge in [-0.05, 0) is 48.4 Å². The second-order valence-corrected chi connectivity index (χ2v) is 8.46. The first kappa shape index (κ1) is 22.6. The van der Waals surface area contributed by atoms with Crippen LogP contribution in [0, 0.1) is 0 Å². The van der Waals surface area contributed by atoms with Crippen LogP contribution in [0.2, 0.25) is 5.02 Å². The molecular formula is C27H18ClNO6. The van der Waals surface area contributed by atoms with E-state index in [4.69, 9.17) is 20.8 Å². The number of nitrogens with zero attached hydrogens (tertiary/aromatic N) is 1. The van der Waals surface area contributed by atoms with Crippen molar-refractivity contribution in [2.75, 3.05) is 6.54 Å². The number of benzene rings is 3. The first-order valence-corrected chi connectivity index (χ1v) is 11.3. The Morgan fingerprint density at radius 2 is 1.57 bits per heavy atom. The molecule has 0 fully saturated rings. The van der Waals surface area contributed by atoms with Gasteiger partial charge in [0.05, 0.1) is 22.1 Å². The summed E-state index contributed by atoms with van der Waals surface area (Å²) >= 11 is 5.91. The van der Waals surface area contributed by atoms with Gasteiger partial charge >= 0.3 is 5.97 Å². The zero-order valence-corrected chi connectivity index (χ0v) is 19.1. The van der Waals surface area contributed by atoms with Gasteiger partial charge < -0.3 is 9.15 Å². The molecule has 0 saturated carbocycles. The summed E-state index contributed by atoms with van der Waals surface area (Å²) in [5, 5.41) is 0.914. The molecule has 0 aliphatic carbocycles. The molecule has 35 heavy (non-hydrogen) atoms. The van der Waals surface area contributed by atoms with Crippen LogP contribution < -0.4 is 10.2 Å². The number of amides is 2. The van der Waals surface area contributed by atoms with Gasteiger partial charge in [0, 0.05) is 24.1 Å². The van der Waals surface area contributed by atoms with Crippen LogP contribution >= 0.6 is 11.6 Å². The molecule has 5 rings (SSSR count). The van der Waals surface area contributed by atoms with Crippen molar-refractivity contribution in [3.63, 3.8) is 0 Å². The van der Waals surface area contributed by atoms with E-state index in [9.17, 15) is 19.2 Å². The molecule has 0 saturated heterocycles. The first-order chi connectivity index (χ1) is 16.9. The van der Waals surface area contributed by atoms with E-state index in [1.807, 2.05) is 0 Å². The minimum absolute atomic E-state index is 0.00486. The van der Waals surface area contributed by atoms with Gasteiger partial charge in [-0.25, -0.2) is 0 Å². The van der Waals surface area contributed by atoms with E-state index in [1.54, 1.807) is 54.6 Å². The number of ether oxygens (including phenoxy) is 1. The zero-order chi connectivity index (χ0) is 24.5. The predicted molar refractivity (Wildman–Crippen MR) is 130 cm³/mol. The van der Waals surface area contributed by atoms with E-state index in [-0.39, 0.29) is 48.0 Å². The smallest absolute Gasteiger partial charge is 0.311 e. The lowest BCUT2D eigenvalue weighted by Gasteiger charge is -2.13. The van der Waals surface area contributed by atoms with Crippen LogP contribution in [0.25, 0.3) is 22.1 Å². The van der Waals surface area contributed by atoms with E-state index >= 15 is 0 Å². The molecule has 8 heteroatoms. The monoisotopic (exact) mass is 487 g/mol.